The molecule has 0 atom stereocenters. The molecule has 0 fully saturated rings. The van der Waals surface area contributed by atoms with Crippen LogP contribution in [0, 0.1) is 0 Å². The SMILES string of the molecule is C=CCOn1ccnc1. The standard InChI is InChI=1S/C6H8N2O/c1-2-5-9-8-4-3-7-6-8/h2-4,6H,1,5H2. The summed E-state index contributed by atoms with van der Waals surface area (Å²) in [5, 5.41) is 0. The third kappa shape index (κ3) is 1.60. The van der Waals surface area contributed by atoms with Crippen LogP contribution in [0.1, 0.15) is 0 Å². The van der Waals surface area contributed by atoms with Gasteiger partial charge in [0.15, 0.2) is 0 Å². The third-order valence-corrected chi connectivity index (χ3v) is 0.822. The minimum absolute atomic E-state index is 0.510. The Kier molecular flexibility index (Phi) is 1.90. The second-order valence-corrected chi connectivity index (χ2v) is 1.51. The Hall–Kier alpha value is -1.25. The van der Waals surface area contributed by atoms with Gasteiger partial charge in [-0.05, 0) is 0 Å². The van der Waals surface area contributed by atoms with Crippen LogP contribution < -0.4 is 4.84 Å². The summed E-state index contributed by atoms with van der Waals surface area (Å²) < 4.78 is 1.53. The van der Waals surface area contributed by atoms with Crippen LogP contribution in [0.15, 0.2) is 31.4 Å². The average molecular weight is 124 g/mol. The van der Waals surface area contributed by atoms with Gasteiger partial charge in [-0.25, -0.2) is 4.98 Å². The summed E-state index contributed by atoms with van der Waals surface area (Å²) in [5.41, 5.74) is 0. The van der Waals surface area contributed by atoms with Crippen molar-refractivity contribution in [3.63, 3.8) is 0 Å². The molecule has 0 aliphatic rings. The zero-order valence-corrected chi connectivity index (χ0v) is 5.03. The van der Waals surface area contributed by atoms with Crippen LogP contribution in [0.3, 0.4) is 0 Å². The van der Waals surface area contributed by atoms with Crippen molar-refractivity contribution in [1.82, 2.24) is 9.71 Å². The lowest BCUT2D eigenvalue weighted by Crippen LogP contribution is -2.07. The Morgan fingerprint density at radius 1 is 1.78 bits per heavy atom. The quantitative estimate of drug-likeness (QED) is 0.548. The van der Waals surface area contributed by atoms with Crippen LogP contribution >= 0.6 is 0 Å². The summed E-state index contributed by atoms with van der Waals surface area (Å²) in [6.45, 7) is 4.01. The maximum absolute atomic E-state index is 5.03. The molecule has 0 radical (unpaired) electrons. The van der Waals surface area contributed by atoms with Gasteiger partial charge in [0.1, 0.15) is 12.9 Å². The number of imidazole rings is 1. The molecule has 1 heterocycles. The maximum atomic E-state index is 5.03. The van der Waals surface area contributed by atoms with Gasteiger partial charge in [-0.3, -0.25) is 0 Å². The van der Waals surface area contributed by atoms with E-state index in [9.17, 15) is 0 Å². The minimum atomic E-state index is 0.510. The van der Waals surface area contributed by atoms with Gasteiger partial charge in [0, 0.05) is 6.20 Å². The van der Waals surface area contributed by atoms with Gasteiger partial charge in [-0.1, -0.05) is 12.7 Å². The summed E-state index contributed by atoms with van der Waals surface area (Å²) >= 11 is 0. The molecule has 0 aromatic carbocycles. The predicted molar refractivity (Wildman–Crippen MR) is 33.9 cm³/mol. The van der Waals surface area contributed by atoms with Crippen molar-refractivity contribution in [2.75, 3.05) is 6.61 Å². The van der Waals surface area contributed by atoms with Gasteiger partial charge in [0.05, 0.1) is 6.20 Å². The minimum Gasteiger partial charge on any atom is -0.409 e. The molecule has 0 saturated carbocycles. The Labute approximate surface area is 53.5 Å². The van der Waals surface area contributed by atoms with Gasteiger partial charge in [-0.15, -0.1) is 0 Å². The lowest BCUT2D eigenvalue weighted by molar-refractivity contribution is 0.134. The third-order valence-electron chi connectivity index (χ3n) is 0.822. The van der Waals surface area contributed by atoms with Gasteiger partial charge in [0.25, 0.3) is 0 Å². The molecule has 3 nitrogen and oxygen atoms in total. The number of nitrogens with zero attached hydrogens (tertiary/aromatic N) is 2. The molecule has 1 rings (SSSR count). The Balaban J connectivity index is 2.38. The second kappa shape index (κ2) is 2.91. The molecule has 9 heavy (non-hydrogen) atoms. The van der Waals surface area contributed by atoms with E-state index < -0.39 is 0 Å². The van der Waals surface area contributed by atoms with Crippen molar-refractivity contribution >= 4 is 0 Å². The zero-order valence-electron chi connectivity index (χ0n) is 5.03. The van der Waals surface area contributed by atoms with Crippen LogP contribution in [0.4, 0.5) is 0 Å². The topological polar surface area (TPSA) is 27.1 Å². The normalized spacial score (nSPS) is 8.89. The maximum Gasteiger partial charge on any atom is 0.133 e. The monoisotopic (exact) mass is 124 g/mol. The number of hydrogen-bond acceptors (Lipinski definition) is 2. The van der Waals surface area contributed by atoms with E-state index in [2.05, 4.69) is 11.6 Å². The van der Waals surface area contributed by atoms with Crippen molar-refractivity contribution in [3.05, 3.63) is 31.4 Å². The summed E-state index contributed by atoms with van der Waals surface area (Å²) in [6.07, 6.45) is 6.65. The molecule has 0 bridgehead atoms. The van der Waals surface area contributed by atoms with Crippen LogP contribution in [0.5, 0.6) is 0 Å². The molecule has 0 amide bonds. The predicted octanol–water partition coefficient (Wildman–Crippen LogP) is 0.498. The molecule has 1 aromatic rings. The molecule has 0 unspecified atom stereocenters. The number of rotatable bonds is 3. The number of aromatic nitrogens is 2. The lowest BCUT2D eigenvalue weighted by atomic mass is 10.7. The van der Waals surface area contributed by atoms with Crippen molar-refractivity contribution < 1.29 is 4.84 Å². The van der Waals surface area contributed by atoms with E-state index in [-0.39, 0.29) is 0 Å². The highest BCUT2D eigenvalue weighted by atomic mass is 16.7. The van der Waals surface area contributed by atoms with E-state index in [1.54, 1.807) is 24.8 Å². The fourth-order valence-electron chi connectivity index (χ4n) is 0.462. The van der Waals surface area contributed by atoms with Gasteiger partial charge >= 0.3 is 0 Å². The molecular weight excluding hydrogens is 116 g/mol. The van der Waals surface area contributed by atoms with Crippen LogP contribution in [-0.2, 0) is 0 Å². The molecule has 0 N–H and O–H groups in total. The fourth-order valence-corrected chi connectivity index (χ4v) is 0.462. The van der Waals surface area contributed by atoms with E-state index >= 15 is 0 Å². The molecule has 0 saturated heterocycles. The molecule has 48 valence electrons. The molecular formula is C6H8N2O. The van der Waals surface area contributed by atoms with E-state index in [4.69, 9.17) is 4.84 Å². The Bertz CT molecular complexity index is 169. The first-order chi connectivity index (χ1) is 4.43. The first-order valence-electron chi connectivity index (χ1n) is 2.65. The van der Waals surface area contributed by atoms with E-state index in [0.717, 1.165) is 0 Å². The van der Waals surface area contributed by atoms with Gasteiger partial charge < -0.3 is 4.84 Å². The van der Waals surface area contributed by atoms with E-state index in [1.165, 1.54) is 4.73 Å². The Morgan fingerprint density at radius 2 is 2.67 bits per heavy atom. The fraction of sp³-hybridized carbons (Fsp3) is 0.167. The van der Waals surface area contributed by atoms with Crippen LogP contribution in [-0.4, -0.2) is 16.3 Å². The molecule has 0 aliphatic heterocycles. The highest BCUT2D eigenvalue weighted by Crippen LogP contribution is 1.78. The first kappa shape index (κ1) is 5.88. The first-order valence-corrected chi connectivity index (χ1v) is 2.65. The van der Waals surface area contributed by atoms with Crippen LogP contribution in [0.2, 0.25) is 0 Å². The number of hydrogen-bond donors (Lipinski definition) is 0. The molecule has 3 heteroatoms. The smallest absolute Gasteiger partial charge is 0.133 e. The molecule has 0 aliphatic carbocycles. The van der Waals surface area contributed by atoms with Gasteiger partial charge in [-0.2, -0.15) is 4.73 Å². The lowest BCUT2D eigenvalue weighted by Gasteiger charge is -1.99. The summed E-state index contributed by atoms with van der Waals surface area (Å²) in [7, 11) is 0. The largest absolute Gasteiger partial charge is 0.409 e. The highest BCUT2D eigenvalue weighted by molar-refractivity contribution is 4.71. The molecule has 0 spiro atoms. The average Bonchev–Trinajstić information content (AvgIpc) is 2.34. The summed E-state index contributed by atoms with van der Waals surface area (Å²) in [6, 6.07) is 0. The van der Waals surface area contributed by atoms with Crippen LogP contribution in [0.25, 0.3) is 0 Å². The van der Waals surface area contributed by atoms with Crippen molar-refractivity contribution in [3.8, 4) is 0 Å². The molecule has 1 aromatic heterocycles. The summed E-state index contributed by atoms with van der Waals surface area (Å²) in [5.74, 6) is 0. The zero-order chi connectivity index (χ0) is 6.53. The van der Waals surface area contributed by atoms with Crippen molar-refractivity contribution in [2.24, 2.45) is 0 Å². The van der Waals surface area contributed by atoms with Crippen molar-refractivity contribution in [2.45, 2.75) is 0 Å². The highest BCUT2D eigenvalue weighted by Gasteiger charge is 1.82. The second-order valence-electron chi connectivity index (χ2n) is 1.51. The summed E-state index contributed by atoms with van der Waals surface area (Å²) in [4.78, 5) is 8.81. The van der Waals surface area contributed by atoms with Crippen molar-refractivity contribution in [1.29, 1.82) is 0 Å². The van der Waals surface area contributed by atoms with Gasteiger partial charge in [0.2, 0.25) is 0 Å². The Morgan fingerprint density at radius 3 is 3.22 bits per heavy atom. The van der Waals surface area contributed by atoms with E-state index in [0.29, 0.717) is 6.61 Å². The van der Waals surface area contributed by atoms with E-state index in [1.807, 2.05) is 0 Å².